The summed E-state index contributed by atoms with van der Waals surface area (Å²) in [4.78, 5) is 28.4. The predicted molar refractivity (Wildman–Crippen MR) is 101 cm³/mol. The lowest BCUT2D eigenvalue weighted by Crippen LogP contribution is -2.73. The largest absolute Gasteiger partial charge is 0.394 e. The number of halogens is 2. The minimum absolute atomic E-state index is 0.0306. The van der Waals surface area contributed by atoms with Gasteiger partial charge in [-0.2, -0.15) is 0 Å². The third-order valence-electron chi connectivity index (χ3n) is 5.40. The number of aliphatic hydroxyl groups excluding tert-OH is 1. The van der Waals surface area contributed by atoms with Crippen molar-refractivity contribution in [3.05, 3.63) is 69.9 Å². The van der Waals surface area contributed by atoms with Crippen LogP contribution in [0.1, 0.15) is 21.8 Å². The summed E-state index contributed by atoms with van der Waals surface area (Å²) in [6.45, 7) is 0.0770. The molecule has 0 aliphatic carbocycles. The van der Waals surface area contributed by atoms with Crippen LogP contribution in [0, 0.1) is 5.82 Å². The highest BCUT2D eigenvalue weighted by Crippen LogP contribution is 2.43. The van der Waals surface area contributed by atoms with E-state index in [2.05, 4.69) is 15.9 Å². The monoisotopic (exact) mass is 432 g/mol. The average Bonchev–Trinajstić information content (AvgIpc) is 2.65. The van der Waals surface area contributed by atoms with Gasteiger partial charge in [0, 0.05) is 16.9 Å². The molecule has 2 aromatic carbocycles. The highest BCUT2D eigenvalue weighted by Gasteiger charge is 2.54. The summed E-state index contributed by atoms with van der Waals surface area (Å²) in [5.74, 6) is -1.36. The SMILES string of the molecule is O=C(c1ccccc1F)N1CC(=O)N2[C@@H](CO)[C@H](c3ccc(Br)cc3)[C@@H]2C1. The molecule has 27 heavy (non-hydrogen) atoms. The molecule has 0 radical (unpaired) electrons. The lowest BCUT2D eigenvalue weighted by molar-refractivity contribution is -0.159. The number of fused-ring (bicyclic) bond motifs is 1. The molecule has 2 aromatic rings. The lowest BCUT2D eigenvalue weighted by atomic mass is 9.73. The Hall–Kier alpha value is -2.25. The van der Waals surface area contributed by atoms with Crippen LogP contribution >= 0.6 is 15.9 Å². The zero-order chi connectivity index (χ0) is 19.1. The smallest absolute Gasteiger partial charge is 0.257 e. The molecule has 0 saturated carbocycles. The fourth-order valence-electron chi connectivity index (χ4n) is 4.14. The van der Waals surface area contributed by atoms with Crippen LogP contribution in [0.15, 0.2) is 53.0 Å². The molecule has 1 N–H and O–H groups in total. The molecule has 140 valence electrons. The van der Waals surface area contributed by atoms with E-state index in [1.165, 1.54) is 23.1 Å². The van der Waals surface area contributed by atoms with Crippen LogP contribution in [-0.2, 0) is 4.79 Å². The van der Waals surface area contributed by atoms with E-state index in [4.69, 9.17) is 0 Å². The van der Waals surface area contributed by atoms with Crippen molar-refractivity contribution in [3.8, 4) is 0 Å². The van der Waals surface area contributed by atoms with Gasteiger partial charge in [-0.15, -0.1) is 0 Å². The quantitative estimate of drug-likeness (QED) is 0.809. The summed E-state index contributed by atoms with van der Waals surface area (Å²) in [5.41, 5.74) is 0.975. The molecule has 0 spiro atoms. The summed E-state index contributed by atoms with van der Waals surface area (Å²) in [5, 5.41) is 9.79. The van der Waals surface area contributed by atoms with E-state index in [0.29, 0.717) is 6.54 Å². The number of carbonyl (C=O) groups is 2. The Balaban J connectivity index is 1.60. The van der Waals surface area contributed by atoms with Crippen molar-refractivity contribution in [2.75, 3.05) is 19.7 Å². The Morgan fingerprint density at radius 1 is 1.19 bits per heavy atom. The first kappa shape index (κ1) is 18.1. The number of aliphatic hydroxyl groups is 1. The Kier molecular flexibility index (Phi) is 4.74. The fraction of sp³-hybridized carbons (Fsp3) is 0.300. The molecule has 4 rings (SSSR count). The number of carbonyl (C=O) groups excluding carboxylic acids is 2. The summed E-state index contributed by atoms with van der Waals surface area (Å²) in [7, 11) is 0. The van der Waals surface area contributed by atoms with Gasteiger partial charge in [0.2, 0.25) is 5.91 Å². The topological polar surface area (TPSA) is 60.9 Å². The second-order valence-electron chi connectivity index (χ2n) is 6.86. The van der Waals surface area contributed by atoms with Crippen molar-refractivity contribution >= 4 is 27.7 Å². The predicted octanol–water partition coefficient (Wildman–Crippen LogP) is 2.40. The average molecular weight is 433 g/mol. The molecule has 0 aromatic heterocycles. The van der Waals surface area contributed by atoms with Crippen molar-refractivity contribution in [2.45, 2.75) is 18.0 Å². The van der Waals surface area contributed by atoms with E-state index in [0.717, 1.165) is 10.0 Å². The molecule has 2 saturated heterocycles. The number of benzene rings is 2. The highest BCUT2D eigenvalue weighted by atomic mass is 79.9. The molecular formula is C20H18BrFN2O3. The number of amides is 2. The maximum Gasteiger partial charge on any atom is 0.257 e. The summed E-state index contributed by atoms with van der Waals surface area (Å²) in [6, 6.07) is 13.0. The summed E-state index contributed by atoms with van der Waals surface area (Å²) < 4.78 is 14.9. The Bertz CT molecular complexity index is 889. The van der Waals surface area contributed by atoms with Crippen molar-refractivity contribution in [2.24, 2.45) is 0 Å². The normalized spacial score (nSPS) is 24.4. The van der Waals surface area contributed by atoms with Crippen LogP contribution in [0.5, 0.6) is 0 Å². The zero-order valence-corrected chi connectivity index (χ0v) is 16.0. The summed E-state index contributed by atoms with van der Waals surface area (Å²) in [6.07, 6.45) is 0. The van der Waals surface area contributed by atoms with Gasteiger partial charge in [0.15, 0.2) is 0 Å². The molecular weight excluding hydrogens is 415 g/mol. The third kappa shape index (κ3) is 3.04. The molecule has 7 heteroatoms. The molecule has 2 heterocycles. The van der Waals surface area contributed by atoms with Crippen molar-refractivity contribution < 1.29 is 19.1 Å². The van der Waals surface area contributed by atoms with E-state index in [-0.39, 0.29) is 42.6 Å². The minimum atomic E-state index is -0.594. The van der Waals surface area contributed by atoms with E-state index >= 15 is 0 Å². The molecule has 0 unspecified atom stereocenters. The first-order valence-corrected chi connectivity index (χ1v) is 9.52. The second-order valence-corrected chi connectivity index (χ2v) is 7.78. The second kappa shape index (κ2) is 7.05. The number of piperazine rings is 1. The van der Waals surface area contributed by atoms with Crippen LogP contribution in [0.3, 0.4) is 0 Å². The molecule has 2 aliphatic rings. The van der Waals surface area contributed by atoms with Crippen molar-refractivity contribution in [3.63, 3.8) is 0 Å². The van der Waals surface area contributed by atoms with Crippen molar-refractivity contribution in [1.82, 2.24) is 9.80 Å². The number of hydrogen-bond donors (Lipinski definition) is 1. The summed E-state index contributed by atoms with van der Waals surface area (Å²) >= 11 is 3.40. The van der Waals surface area contributed by atoms with Gasteiger partial charge < -0.3 is 14.9 Å². The van der Waals surface area contributed by atoms with Crippen LogP contribution in [0.2, 0.25) is 0 Å². The van der Waals surface area contributed by atoms with Gasteiger partial charge in [-0.05, 0) is 29.8 Å². The Labute approximate surface area is 164 Å². The zero-order valence-electron chi connectivity index (χ0n) is 14.4. The van der Waals surface area contributed by atoms with Crippen LogP contribution in [0.25, 0.3) is 0 Å². The molecule has 2 fully saturated rings. The van der Waals surface area contributed by atoms with Crippen LogP contribution in [-0.4, -0.2) is 58.5 Å². The fourth-order valence-corrected chi connectivity index (χ4v) is 4.41. The third-order valence-corrected chi connectivity index (χ3v) is 5.93. The molecule has 2 aliphatic heterocycles. The Morgan fingerprint density at radius 2 is 1.89 bits per heavy atom. The van der Waals surface area contributed by atoms with E-state index in [1.807, 2.05) is 24.3 Å². The van der Waals surface area contributed by atoms with Gasteiger partial charge in [0.05, 0.1) is 24.3 Å². The lowest BCUT2D eigenvalue weighted by Gasteiger charge is -2.58. The van der Waals surface area contributed by atoms with Crippen molar-refractivity contribution in [1.29, 1.82) is 0 Å². The van der Waals surface area contributed by atoms with Crippen LogP contribution in [0.4, 0.5) is 4.39 Å². The molecule has 2 amide bonds. The number of rotatable bonds is 3. The molecule has 0 bridgehead atoms. The standard InChI is InChI=1S/C20H18BrFN2O3/c21-13-7-5-12(6-8-13)19-16-9-23(10-18(26)24(16)17(19)11-25)20(27)14-3-1-2-4-15(14)22/h1-8,16-17,19,25H,9-11H2/t16-,17-,19+/m0/s1. The van der Waals surface area contributed by atoms with Gasteiger partial charge in [-0.25, -0.2) is 4.39 Å². The maximum atomic E-state index is 14.0. The molecule has 3 atom stereocenters. The van der Waals surface area contributed by atoms with Gasteiger partial charge in [-0.3, -0.25) is 9.59 Å². The maximum absolute atomic E-state index is 14.0. The minimum Gasteiger partial charge on any atom is -0.394 e. The van der Waals surface area contributed by atoms with Gasteiger partial charge in [0.1, 0.15) is 12.4 Å². The van der Waals surface area contributed by atoms with E-state index in [1.54, 1.807) is 11.0 Å². The van der Waals surface area contributed by atoms with Gasteiger partial charge in [0.25, 0.3) is 5.91 Å². The first-order chi connectivity index (χ1) is 13.0. The number of hydrogen-bond acceptors (Lipinski definition) is 3. The first-order valence-electron chi connectivity index (χ1n) is 8.72. The Morgan fingerprint density at radius 3 is 2.56 bits per heavy atom. The van der Waals surface area contributed by atoms with Crippen LogP contribution < -0.4 is 0 Å². The molecule has 5 nitrogen and oxygen atoms in total. The highest BCUT2D eigenvalue weighted by molar-refractivity contribution is 9.10. The van der Waals surface area contributed by atoms with E-state index in [9.17, 15) is 19.1 Å². The van der Waals surface area contributed by atoms with E-state index < -0.39 is 11.7 Å². The van der Waals surface area contributed by atoms with Gasteiger partial charge in [-0.1, -0.05) is 40.2 Å². The van der Waals surface area contributed by atoms with Gasteiger partial charge >= 0.3 is 0 Å². The number of nitrogens with zero attached hydrogens (tertiary/aromatic N) is 2.